The summed E-state index contributed by atoms with van der Waals surface area (Å²) in [5.74, 6) is -0.726. The van der Waals surface area contributed by atoms with Gasteiger partial charge in [-0.2, -0.15) is 0 Å². The third-order valence-electron chi connectivity index (χ3n) is 5.84. The van der Waals surface area contributed by atoms with Crippen LogP contribution in [-0.2, 0) is 16.2 Å². The van der Waals surface area contributed by atoms with Crippen LogP contribution in [0.5, 0.6) is 5.75 Å². The maximum atomic E-state index is 13.1. The molecular weight excluding hydrogens is 448 g/mol. The van der Waals surface area contributed by atoms with Crippen molar-refractivity contribution in [1.29, 1.82) is 0 Å². The summed E-state index contributed by atoms with van der Waals surface area (Å²) in [6.07, 6.45) is 0. The number of carbonyl (C=O) groups excluding carboxylic acids is 2. The number of ketones is 1. The van der Waals surface area contributed by atoms with E-state index in [0.29, 0.717) is 31.0 Å². The van der Waals surface area contributed by atoms with Gasteiger partial charge in [-0.1, -0.05) is 36.4 Å². The van der Waals surface area contributed by atoms with Crippen LogP contribution in [0.15, 0.2) is 71.6 Å². The first kappa shape index (κ1) is 23.7. The number of Topliss-reactive ketones (excluding diaryl/α,β-unsaturated/α-hetero) is 1. The number of hydrogen-bond acceptors (Lipinski definition) is 6. The zero-order valence-electron chi connectivity index (χ0n) is 19.5. The molecule has 176 valence electrons. The molecule has 7 heteroatoms. The number of ether oxygens (including phenoxy) is 1. The summed E-state index contributed by atoms with van der Waals surface area (Å²) >= 11 is 1.46. The molecule has 2 aromatic carbocycles. The van der Waals surface area contributed by atoms with Crippen LogP contribution in [0.25, 0.3) is 5.76 Å². The summed E-state index contributed by atoms with van der Waals surface area (Å²) in [6, 6.07) is 18.4. The van der Waals surface area contributed by atoms with Gasteiger partial charge in [0.1, 0.15) is 18.1 Å². The highest BCUT2D eigenvalue weighted by Crippen LogP contribution is 2.41. The standard InChI is InChI=1S/C27H28N2O4S/c1-18-16-20(33-17-19-8-5-4-6-9-19)11-12-21(18)25(30)23-24(22-10-7-15-34-22)29(14-13-28(2)3)27(32)26(23)31/h4-12,15-16,24,30H,13-14,17H2,1-3H3/t24-/m0/s1. The van der Waals surface area contributed by atoms with Crippen molar-refractivity contribution in [3.63, 3.8) is 0 Å². The Morgan fingerprint density at radius 1 is 1.09 bits per heavy atom. The van der Waals surface area contributed by atoms with Crippen LogP contribution < -0.4 is 4.74 Å². The second kappa shape index (κ2) is 10.2. The maximum absolute atomic E-state index is 13.1. The van der Waals surface area contributed by atoms with Crippen molar-refractivity contribution in [3.05, 3.63) is 93.2 Å². The minimum atomic E-state index is -0.654. The SMILES string of the molecule is Cc1cc(OCc2ccccc2)ccc1C(O)=C1C(=O)C(=O)N(CCN(C)C)[C@H]1c1cccs1. The average molecular weight is 477 g/mol. The summed E-state index contributed by atoms with van der Waals surface area (Å²) < 4.78 is 5.89. The smallest absolute Gasteiger partial charge is 0.295 e. The number of likely N-dealkylation sites (N-methyl/N-ethyl adjacent to an activating group) is 1. The Balaban J connectivity index is 1.66. The fraction of sp³-hybridized carbons (Fsp3) is 0.259. The van der Waals surface area contributed by atoms with E-state index in [-0.39, 0.29) is 11.3 Å². The first-order valence-corrected chi connectivity index (χ1v) is 12.0. The van der Waals surface area contributed by atoms with Crippen molar-refractivity contribution < 1.29 is 19.4 Å². The molecule has 0 unspecified atom stereocenters. The molecule has 0 bridgehead atoms. The number of likely N-dealkylation sites (tertiary alicyclic amines) is 1. The fourth-order valence-electron chi connectivity index (χ4n) is 4.04. The summed E-state index contributed by atoms with van der Waals surface area (Å²) in [5, 5.41) is 13.2. The predicted octanol–water partition coefficient (Wildman–Crippen LogP) is 4.62. The third-order valence-corrected chi connectivity index (χ3v) is 6.77. The normalized spacial score (nSPS) is 17.5. The van der Waals surface area contributed by atoms with Gasteiger partial charge in [0.05, 0.1) is 11.6 Å². The van der Waals surface area contributed by atoms with E-state index < -0.39 is 17.7 Å². The molecule has 1 fully saturated rings. The zero-order chi connectivity index (χ0) is 24.2. The van der Waals surface area contributed by atoms with Gasteiger partial charge in [0, 0.05) is 23.5 Å². The number of carbonyl (C=O) groups is 2. The fourth-order valence-corrected chi connectivity index (χ4v) is 4.88. The van der Waals surface area contributed by atoms with Gasteiger partial charge in [0.15, 0.2) is 0 Å². The van der Waals surface area contributed by atoms with Crippen molar-refractivity contribution in [2.24, 2.45) is 0 Å². The molecule has 1 amide bonds. The molecule has 34 heavy (non-hydrogen) atoms. The van der Waals surface area contributed by atoms with Crippen LogP contribution >= 0.6 is 11.3 Å². The predicted molar refractivity (Wildman–Crippen MR) is 134 cm³/mol. The van der Waals surface area contributed by atoms with Crippen LogP contribution in [0.3, 0.4) is 0 Å². The van der Waals surface area contributed by atoms with E-state index in [4.69, 9.17) is 4.74 Å². The van der Waals surface area contributed by atoms with E-state index in [1.54, 1.807) is 17.0 Å². The number of rotatable bonds is 8. The molecule has 0 saturated carbocycles. The lowest BCUT2D eigenvalue weighted by atomic mass is 9.97. The molecule has 0 radical (unpaired) electrons. The van der Waals surface area contributed by atoms with Gasteiger partial charge < -0.3 is 19.6 Å². The maximum Gasteiger partial charge on any atom is 0.295 e. The Morgan fingerprint density at radius 3 is 2.50 bits per heavy atom. The Morgan fingerprint density at radius 2 is 1.85 bits per heavy atom. The summed E-state index contributed by atoms with van der Waals surface area (Å²) in [7, 11) is 3.84. The number of amides is 1. The Bertz CT molecular complexity index is 1200. The highest BCUT2D eigenvalue weighted by atomic mass is 32.1. The summed E-state index contributed by atoms with van der Waals surface area (Å²) in [5.41, 5.74) is 2.46. The van der Waals surface area contributed by atoms with Crippen LogP contribution in [0.4, 0.5) is 0 Å². The summed E-state index contributed by atoms with van der Waals surface area (Å²) in [6.45, 7) is 3.29. The average Bonchev–Trinajstić information content (AvgIpc) is 3.44. The molecule has 4 rings (SSSR count). The molecule has 0 spiro atoms. The van der Waals surface area contributed by atoms with Gasteiger partial charge >= 0.3 is 0 Å². The highest BCUT2D eigenvalue weighted by Gasteiger charge is 2.46. The Labute approximate surface area is 203 Å². The van der Waals surface area contributed by atoms with Gasteiger partial charge in [-0.3, -0.25) is 9.59 Å². The quantitative estimate of drug-likeness (QED) is 0.292. The van der Waals surface area contributed by atoms with Crippen LogP contribution in [-0.4, -0.2) is 53.8 Å². The Hall–Kier alpha value is -3.42. The molecule has 1 aromatic heterocycles. The van der Waals surface area contributed by atoms with E-state index in [1.807, 2.05) is 79.8 Å². The lowest BCUT2D eigenvalue weighted by Gasteiger charge is -2.25. The number of benzene rings is 2. The van der Waals surface area contributed by atoms with Gasteiger partial charge in [0.25, 0.3) is 11.7 Å². The molecule has 1 aliphatic rings. The number of hydrogen-bond donors (Lipinski definition) is 1. The Kier molecular flexibility index (Phi) is 7.14. The van der Waals surface area contributed by atoms with Crippen molar-refractivity contribution in [3.8, 4) is 5.75 Å². The molecule has 1 N–H and O–H groups in total. The molecule has 2 heterocycles. The second-order valence-corrected chi connectivity index (χ2v) is 9.54. The van der Waals surface area contributed by atoms with E-state index in [0.717, 1.165) is 16.0 Å². The summed E-state index contributed by atoms with van der Waals surface area (Å²) in [4.78, 5) is 30.4. The lowest BCUT2D eigenvalue weighted by Crippen LogP contribution is -2.35. The van der Waals surface area contributed by atoms with Gasteiger partial charge in [-0.15, -0.1) is 11.3 Å². The molecule has 3 aromatic rings. The highest BCUT2D eigenvalue weighted by molar-refractivity contribution is 7.10. The largest absolute Gasteiger partial charge is 0.507 e. The van der Waals surface area contributed by atoms with Gasteiger partial charge in [-0.25, -0.2) is 0 Å². The number of nitrogens with zero attached hydrogens (tertiary/aromatic N) is 2. The number of aryl methyl sites for hydroxylation is 1. The first-order valence-electron chi connectivity index (χ1n) is 11.1. The van der Waals surface area contributed by atoms with E-state index in [2.05, 4.69) is 0 Å². The number of aliphatic hydroxyl groups is 1. The third kappa shape index (κ3) is 4.90. The van der Waals surface area contributed by atoms with Crippen molar-refractivity contribution in [1.82, 2.24) is 9.80 Å². The molecule has 0 aliphatic carbocycles. The van der Waals surface area contributed by atoms with Crippen LogP contribution in [0.2, 0.25) is 0 Å². The lowest BCUT2D eigenvalue weighted by molar-refractivity contribution is -0.140. The minimum absolute atomic E-state index is 0.132. The second-order valence-electron chi connectivity index (χ2n) is 8.56. The molecule has 1 aliphatic heterocycles. The molecule has 1 saturated heterocycles. The number of aliphatic hydroxyl groups excluding tert-OH is 1. The molecular formula is C27H28N2O4S. The number of thiophene rings is 1. The molecule has 6 nitrogen and oxygen atoms in total. The monoisotopic (exact) mass is 476 g/mol. The zero-order valence-corrected chi connectivity index (χ0v) is 20.3. The molecule has 1 atom stereocenters. The van der Waals surface area contributed by atoms with Crippen LogP contribution in [0.1, 0.15) is 27.6 Å². The topological polar surface area (TPSA) is 70.1 Å². The van der Waals surface area contributed by atoms with Gasteiger partial charge in [-0.05, 0) is 61.8 Å². The van der Waals surface area contributed by atoms with Crippen molar-refractivity contribution in [2.75, 3.05) is 27.2 Å². The van der Waals surface area contributed by atoms with Crippen molar-refractivity contribution in [2.45, 2.75) is 19.6 Å². The minimum Gasteiger partial charge on any atom is -0.507 e. The first-order chi connectivity index (χ1) is 16.4. The van der Waals surface area contributed by atoms with E-state index >= 15 is 0 Å². The van der Waals surface area contributed by atoms with Crippen molar-refractivity contribution >= 4 is 28.8 Å². The van der Waals surface area contributed by atoms with Crippen LogP contribution in [0, 0.1) is 6.92 Å². The van der Waals surface area contributed by atoms with Gasteiger partial charge in [0.2, 0.25) is 0 Å². The van der Waals surface area contributed by atoms with E-state index in [9.17, 15) is 14.7 Å². The van der Waals surface area contributed by atoms with E-state index in [1.165, 1.54) is 11.3 Å².